The minimum atomic E-state index is -0.587. The predicted octanol–water partition coefficient (Wildman–Crippen LogP) is 4.88. The van der Waals surface area contributed by atoms with Crippen molar-refractivity contribution in [2.75, 3.05) is 18.5 Å². The van der Waals surface area contributed by atoms with Gasteiger partial charge in [-0.25, -0.2) is 0 Å². The van der Waals surface area contributed by atoms with Gasteiger partial charge in [0.1, 0.15) is 17.6 Å². The summed E-state index contributed by atoms with van der Waals surface area (Å²) in [5.41, 5.74) is 2.05. The largest absolute Gasteiger partial charge is 0.493 e. The molecular weight excluding hydrogens is 468 g/mol. The summed E-state index contributed by atoms with van der Waals surface area (Å²) in [6.07, 6.45) is 1.48. The number of Topliss-reactive ketones (excluding diaryl/α,β-unsaturated/α-hetero) is 1. The molecule has 2 aliphatic rings. The fourth-order valence-corrected chi connectivity index (χ4v) is 3.65. The number of anilines is 1. The Morgan fingerprint density at radius 3 is 2.56 bits per heavy atom. The second-order valence-electron chi connectivity index (χ2n) is 7.77. The minimum absolute atomic E-state index is 0.00693. The summed E-state index contributed by atoms with van der Waals surface area (Å²) in [7, 11) is 0. The van der Waals surface area contributed by atoms with Crippen molar-refractivity contribution < 1.29 is 33.5 Å². The van der Waals surface area contributed by atoms with Crippen LogP contribution in [0.15, 0.2) is 36.4 Å². The molecule has 1 amide bonds. The van der Waals surface area contributed by atoms with Crippen LogP contribution in [0.1, 0.15) is 62.9 Å². The Labute approximate surface area is 210 Å². The maximum Gasteiger partial charge on any atom is 0.309 e. The standard InChI is InChI=1S/C13H13NO6.C11H13NO2.C2H6/c1-2-19-13(16)7-9-6-11(15)10-5-8(14(17)18)3-4-12(10)20-9;1-8(13)12-10-4-5-11-9(7-10)3-2-6-14-11;1-2/h3-5,9H,2,6-7H2,1H3;4-5,7H,2-3,6H2,1H3,(H,12,13);1-2H3/t9-;;/m0../s1. The first kappa shape index (κ1) is 28.3. The number of esters is 1. The van der Waals surface area contributed by atoms with Crippen LogP contribution in [-0.2, 0) is 20.7 Å². The average molecular weight is 501 g/mol. The smallest absolute Gasteiger partial charge is 0.309 e. The van der Waals surface area contributed by atoms with Crippen molar-refractivity contribution in [1.82, 2.24) is 0 Å². The van der Waals surface area contributed by atoms with Crippen LogP contribution in [0.5, 0.6) is 11.5 Å². The fourth-order valence-electron chi connectivity index (χ4n) is 3.65. The Hall–Kier alpha value is -3.95. The van der Waals surface area contributed by atoms with Gasteiger partial charge in [0.2, 0.25) is 5.91 Å². The fraction of sp³-hybridized carbons (Fsp3) is 0.423. The highest BCUT2D eigenvalue weighted by atomic mass is 16.6. The molecule has 0 aliphatic carbocycles. The van der Waals surface area contributed by atoms with E-state index in [1.807, 2.05) is 32.0 Å². The molecule has 2 aromatic rings. The molecular formula is C26H32N2O8. The number of fused-ring (bicyclic) bond motifs is 2. The Morgan fingerprint density at radius 1 is 1.17 bits per heavy atom. The first-order valence-corrected chi connectivity index (χ1v) is 11.9. The second kappa shape index (κ2) is 13.8. The number of nitro groups is 1. The van der Waals surface area contributed by atoms with Crippen LogP contribution in [0, 0.1) is 10.1 Å². The number of ketones is 1. The molecule has 2 aliphatic heterocycles. The molecule has 10 nitrogen and oxygen atoms in total. The number of nitro benzene ring substituents is 1. The van der Waals surface area contributed by atoms with E-state index >= 15 is 0 Å². The molecule has 0 unspecified atom stereocenters. The molecule has 0 fully saturated rings. The quantitative estimate of drug-likeness (QED) is 0.349. The lowest BCUT2D eigenvalue weighted by atomic mass is 9.98. The van der Waals surface area contributed by atoms with Gasteiger partial charge in [-0.15, -0.1) is 0 Å². The molecule has 10 heteroatoms. The molecule has 0 aromatic heterocycles. The normalized spacial score (nSPS) is 15.1. The third kappa shape index (κ3) is 8.07. The summed E-state index contributed by atoms with van der Waals surface area (Å²) in [5.74, 6) is 0.466. The number of hydrogen-bond donors (Lipinski definition) is 1. The number of ether oxygens (including phenoxy) is 3. The van der Waals surface area contributed by atoms with Crippen molar-refractivity contribution in [3.05, 3.63) is 57.6 Å². The van der Waals surface area contributed by atoms with Crippen LogP contribution in [0.3, 0.4) is 0 Å². The van der Waals surface area contributed by atoms with Crippen molar-refractivity contribution in [3.63, 3.8) is 0 Å². The van der Waals surface area contributed by atoms with Gasteiger partial charge in [-0.2, -0.15) is 0 Å². The number of hydrogen-bond acceptors (Lipinski definition) is 8. The molecule has 0 spiro atoms. The van der Waals surface area contributed by atoms with Gasteiger partial charge in [0.15, 0.2) is 5.78 Å². The Kier molecular flexibility index (Phi) is 10.9. The number of non-ortho nitro benzene ring substituents is 1. The molecule has 0 saturated heterocycles. The first-order valence-electron chi connectivity index (χ1n) is 11.9. The van der Waals surface area contributed by atoms with Crippen LogP contribution in [-0.4, -0.2) is 41.9 Å². The van der Waals surface area contributed by atoms with Gasteiger partial charge in [0.05, 0.1) is 30.1 Å². The summed E-state index contributed by atoms with van der Waals surface area (Å²) in [6, 6.07) is 9.60. The number of carbonyl (C=O) groups excluding carboxylic acids is 3. The molecule has 0 bridgehead atoms. The minimum Gasteiger partial charge on any atom is -0.493 e. The lowest BCUT2D eigenvalue weighted by Crippen LogP contribution is -2.29. The van der Waals surface area contributed by atoms with E-state index in [2.05, 4.69) is 5.32 Å². The predicted molar refractivity (Wildman–Crippen MR) is 134 cm³/mol. The zero-order valence-corrected chi connectivity index (χ0v) is 21.0. The second-order valence-corrected chi connectivity index (χ2v) is 7.77. The summed E-state index contributed by atoms with van der Waals surface area (Å²) in [4.78, 5) is 44.3. The van der Waals surface area contributed by atoms with Crippen molar-refractivity contribution in [3.8, 4) is 11.5 Å². The molecule has 0 radical (unpaired) electrons. The van der Waals surface area contributed by atoms with Crippen LogP contribution in [0.4, 0.5) is 11.4 Å². The molecule has 4 rings (SSSR count). The maximum atomic E-state index is 12.0. The summed E-state index contributed by atoms with van der Waals surface area (Å²) >= 11 is 0. The molecule has 2 heterocycles. The number of aryl methyl sites for hydroxylation is 1. The van der Waals surface area contributed by atoms with E-state index in [4.69, 9.17) is 14.2 Å². The topological polar surface area (TPSA) is 134 Å². The van der Waals surface area contributed by atoms with E-state index in [9.17, 15) is 24.5 Å². The maximum absolute atomic E-state index is 12.0. The van der Waals surface area contributed by atoms with E-state index in [0.29, 0.717) is 0 Å². The molecule has 194 valence electrons. The molecule has 36 heavy (non-hydrogen) atoms. The van der Waals surface area contributed by atoms with Gasteiger partial charge in [0, 0.05) is 31.2 Å². The van der Waals surface area contributed by atoms with E-state index < -0.39 is 17.0 Å². The summed E-state index contributed by atoms with van der Waals surface area (Å²) in [5, 5.41) is 13.4. The van der Waals surface area contributed by atoms with Gasteiger partial charge in [0.25, 0.3) is 5.69 Å². The highest BCUT2D eigenvalue weighted by Crippen LogP contribution is 2.32. The lowest BCUT2D eigenvalue weighted by Gasteiger charge is -2.24. The van der Waals surface area contributed by atoms with Crippen molar-refractivity contribution in [2.45, 2.75) is 59.5 Å². The number of carbonyl (C=O) groups is 3. The van der Waals surface area contributed by atoms with E-state index in [1.165, 1.54) is 30.7 Å². The molecule has 1 N–H and O–H groups in total. The first-order chi connectivity index (χ1) is 17.3. The number of amides is 1. The van der Waals surface area contributed by atoms with Crippen LogP contribution in [0.2, 0.25) is 0 Å². The van der Waals surface area contributed by atoms with Crippen LogP contribution in [0.25, 0.3) is 0 Å². The van der Waals surface area contributed by atoms with E-state index in [1.54, 1.807) is 6.92 Å². The lowest BCUT2D eigenvalue weighted by molar-refractivity contribution is -0.384. The zero-order valence-electron chi connectivity index (χ0n) is 21.0. The highest BCUT2D eigenvalue weighted by Gasteiger charge is 2.30. The van der Waals surface area contributed by atoms with Gasteiger partial charge in [-0.1, -0.05) is 13.8 Å². The van der Waals surface area contributed by atoms with Gasteiger partial charge in [-0.3, -0.25) is 24.5 Å². The van der Waals surface area contributed by atoms with Crippen LogP contribution >= 0.6 is 0 Å². The number of benzene rings is 2. The van der Waals surface area contributed by atoms with Crippen LogP contribution < -0.4 is 14.8 Å². The highest BCUT2D eigenvalue weighted by molar-refractivity contribution is 6.00. The van der Waals surface area contributed by atoms with Crippen molar-refractivity contribution >= 4 is 29.0 Å². The molecule has 0 saturated carbocycles. The monoisotopic (exact) mass is 500 g/mol. The Morgan fingerprint density at radius 2 is 1.89 bits per heavy atom. The SMILES string of the molecule is CC.CC(=O)Nc1ccc2c(c1)CCCO2.CCOC(=O)C[C@@H]1CC(=O)c2cc([N+](=O)[O-])ccc2O1. The van der Waals surface area contributed by atoms with Gasteiger partial charge >= 0.3 is 5.97 Å². The summed E-state index contributed by atoms with van der Waals surface area (Å²) in [6.45, 7) is 8.27. The molecule has 1 atom stereocenters. The third-order valence-corrected chi connectivity index (χ3v) is 5.11. The van der Waals surface area contributed by atoms with Crippen molar-refractivity contribution in [1.29, 1.82) is 0 Å². The Balaban J connectivity index is 0.000000250. The zero-order chi connectivity index (χ0) is 26.7. The van der Waals surface area contributed by atoms with E-state index in [0.717, 1.165) is 30.9 Å². The third-order valence-electron chi connectivity index (χ3n) is 5.11. The molecule has 2 aromatic carbocycles. The number of nitrogens with zero attached hydrogens (tertiary/aromatic N) is 1. The van der Waals surface area contributed by atoms with E-state index in [-0.39, 0.29) is 48.1 Å². The Bertz CT molecular complexity index is 1100. The average Bonchev–Trinajstić information content (AvgIpc) is 2.85. The van der Waals surface area contributed by atoms with Gasteiger partial charge in [-0.05, 0) is 49.6 Å². The summed E-state index contributed by atoms with van der Waals surface area (Å²) < 4.78 is 15.8. The van der Waals surface area contributed by atoms with Crippen molar-refractivity contribution in [2.24, 2.45) is 0 Å². The number of rotatable bonds is 5. The number of nitrogens with one attached hydrogen (secondary N) is 1. The van der Waals surface area contributed by atoms with Gasteiger partial charge < -0.3 is 19.5 Å².